The fourth-order valence-corrected chi connectivity index (χ4v) is 2.12. The molecule has 2 rings (SSSR count). The zero-order valence-corrected chi connectivity index (χ0v) is 9.99. The van der Waals surface area contributed by atoms with Crippen LogP contribution in [0.4, 0.5) is 0 Å². The second-order valence-corrected chi connectivity index (χ2v) is 4.24. The van der Waals surface area contributed by atoms with Gasteiger partial charge in [0, 0.05) is 0 Å². The van der Waals surface area contributed by atoms with Crippen LogP contribution in [0.25, 0.3) is 0 Å². The summed E-state index contributed by atoms with van der Waals surface area (Å²) in [4.78, 5) is 0. The van der Waals surface area contributed by atoms with Crippen LogP contribution >= 0.6 is 13.5 Å². The third-order valence-corrected chi connectivity index (χ3v) is 3.00. The van der Waals surface area contributed by atoms with E-state index < -0.39 is 0 Å². The van der Waals surface area contributed by atoms with Gasteiger partial charge in [0.1, 0.15) is 0 Å². The third kappa shape index (κ3) is 8.67. The van der Waals surface area contributed by atoms with Crippen molar-refractivity contribution in [3.05, 3.63) is 0 Å². The average molecular weight is 202 g/mol. The summed E-state index contributed by atoms with van der Waals surface area (Å²) in [6, 6.07) is 0. The average Bonchev–Trinajstić information content (AvgIpc) is 2.24. The molecule has 0 unspecified atom stereocenters. The van der Waals surface area contributed by atoms with Crippen molar-refractivity contribution in [2.75, 3.05) is 0 Å². The van der Waals surface area contributed by atoms with E-state index in [0.29, 0.717) is 0 Å². The first-order valence-electron chi connectivity index (χ1n) is 6.00. The molecule has 0 amide bonds. The fourth-order valence-electron chi connectivity index (χ4n) is 2.12. The molecule has 0 nitrogen and oxygen atoms in total. The van der Waals surface area contributed by atoms with Gasteiger partial charge in [-0.2, -0.15) is 13.5 Å². The molecule has 0 N–H and O–H groups in total. The Labute approximate surface area is 90.9 Å². The van der Waals surface area contributed by atoms with Gasteiger partial charge >= 0.3 is 0 Å². The Morgan fingerprint density at radius 1 is 0.231 bits per heavy atom. The van der Waals surface area contributed by atoms with E-state index in [2.05, 4.69) is 0 Å². The maximum absolute atomic E-state index is 1.50. The normalized spacial score (nSPS) is 22.2. The summed E-state index contributed by atoms with van der Waals surface area (Å²) in [7, 11) is 0. The number of hydrogen-bond acceptors (Lipinski definition) is 0. The van der Waals surface area contributed by atoms with Crippen molar-refractivity contribution in [2.45, 2.75) is 77.0 Å². The van der Waals surface area contributed by atoms with Crippen LogP contribution in [0.1, 0.15) is 77.0 Å². The standard InChI is InChI=1S/2C6H12.H2S/c2*1-2-4-6-5-3-1;/h2*1-6H2;1H2. The molecule has 13 heavy (non-hydrogen) atoms. The maximum atomic E-state index is 1.50. The van der Waals surface area contributed by atoms with Gasteiger partial charge in [-0.25, -0.2) is 0 Å². The molecule has 0 aromatic heterocycles. The van der Waals surface area contributed by atoms with E-state index >= 15 is 0 Å². The molecule has 0 radical (unpaired) electrons. The first-order chi connectivity index (χ1) is 6.00. The summed E-state index contributed by atoms with van der Waals surface area (Å²) in [6.45, 7) is 0. The lowest BCUT2D eigenvalue weighted by Crippen LogP contribution is -1.85. The van der Waals surface area contributed by atoms with Gasteiger partial charge in [0.25, 0.3) is 0 Å². The summed E-state index contributed by atoms with van der Waals surface area (Å²) in [5.41, 5.74) is 0. The molecule has 2 aliphatic carbocycles. The second kappa shape index (κ2) is 10.4. The molecule has 0 spiro atoms. The molecule has 1 heteroatoms. The van der Waals surface area contributed by atoms with E-state index in [0.717, 1.165) is 0 Å². The highest BCUT2D eigenvalue weighted by Crippen LogP contribution is 2.15. The van der Waals surface area contributed by atoms with E-state index in [1.807, 2.05) is 0 Å². The summed E-state index contributed by atoms with van der Waals surface area (Å²) in [5.74, 6) is 0. The zero-order valence-electron chi connectivity index (χ0n) is 8.99. The van der Waals surface area contributed by atoms with Gasteiger partial charge in [-0.1, -0.05) is 77.0 Å². The maximum Gasteiger partial charge on any atom is -0.0533 e. The molecule has 0 saturated heterocycles. The Hall–Kier alpha value is 0.350. The first-order valence-corrected chi connectivity index (χ1v) is 6.00. The Bertz CT molecular complexity index is 48.1. The summed E-state index contributed by atoms with van der Waals surface area (Å²) < 4.78 is 0. The third-order valence-electron chi connectivity index (χ3n) is 3.00. The van der Waals surface area contributed by atoms with Crippen LogP contribution in [-0.4, -0.2) is 0 Å². The molecule has 2 aliphatic rings. The fraction of sp³-hybridized carbons (Fsp3) is 1.00. The predicted molar refractivity (Wildman–Crippen MR) is 65.8 cm³/mol. The van der Waals surface area contributed by atoms with E-state index in [4.69, 9.17) is 0 Å². The van der Waals surface area contributed by atoms with Crippen molar-refractivity contribution in [3.8, 4) is 0 Å². The molecule has 0 aromatic rings. The van der Waals surface area contributed by atoms with Gasteiger partial charge in [-0.05, 0) is 0 Å². The minimum Gasteiger partial charge on any atom is -0.197 e. The van der Waals surface area contributed by atoms with E-state index in [-0.39, 0.29) is 13.5 Å². The van der Waals surface area contributed by atoms with Gasteiger partial charge in [-0.3, -0.25) is 0 Å². The lowest BCUT2D eigenvalue weighted by atomic mass is 10.0. The van der Waals surface area contributed by atoms with E-state index in [9.17, 15) is 0 Å². The molecular weight excluding hydrogens is 176 g/mol. The van der Waals surface area contributed by atoms with Crippen LogP contribution in [0.5, 0.6) is 0 Å². The van der Waals surface area contributed by atoms with E-state index in [1.54, 1.807) is 0 Å². The van der Waals surface area contributed by atoms with Crippen LogP contribution in [0.3, 0.4) is 0 Å². The van der Waals surface area contributed by atoms with Gasteiger partial charge in [0.05, 0.1) is 0 Å². The summed E-state index contributed by atoms with van der Waals surface area (Å²) in [6.07, 6.45) is 18.0. The second-order valence-electron chi connectivity index (χ2n) is 4.24. The van der Waals surface area contributed by atoms with Gasteiger partial charge < -0.3 is 0 Å². The van der Waals surface area contributed by atoms with E-state index in [1.165, 1.54) is 77.0 Å². The Balaban J connectivity index is 0.000000206. The number of hydrogen-bond donors (Lipinski definition) is 0. The monoisotopic (exact) mass is 202 g/mol. The van der Waals surface area contributed by atoms with Crippen molar-refractivity contribution in [2.24, 2.45) is 0 Å². The Kier molecular flexibility index (Phi) is 10.7. The smallest absolute Gasteiger partial charge is 0.0533 e. The molecule has 0 heterocycles. The minimum atomic E-state index is 0. The van der Waals surface area contributed by atoms with Crippen LogP contribution in [0.15, 0.2) is 0 Å². The summed E-state index contributed by atoms with van der Waals surface area (Å²) >= 11 is 0. The molecule has 0 atom stereocenters. The number of rotatable bonds is 0. The molecule has 0 aromatic carbocycles. The van der Waals surface area contributed by atoms with Crippen LogP contribution < -0.4 is 0 Å². The molecule has 80 valence electrons. The topological polar surface area (TPSA) is 0 Å². The zero-order chi connectivity index (χ0) is 8.49. The lowest BCUT2D eigenvalue weighted by Gasteiger charge is -2.05. The molecule has 0 aliphatic heterocycles. The van der Waals surface area contributed by atoms with Gasteiger partial charge in [-0.15, -0.1) is 0 Å². The summed E-state index contributed by atoms with van der Waals surface area (Å²) in [5, 5.41) is 0. The molecule has 0 bridgehead atoms. The van der Waals surface area contributed by atoms with Crippen LogP contribution in [-0.2, 0) is 0 Å². The highest BCUT2D eigenvalue weighted by atomic mass is 32.1. The van der Waals surface area contributed by atoms with Crippen molar-refractivity contribution in [1.29, 1.82) is 0 Å². The highest BCUT2D eigenvalue weighted by molar-refractivity contribution is 7.59. The SMILES string of the molecule is C1CCCCC1.C1CCCCC1.S. The van der Waals surface area contributed by atoms with Crippen LogP contribution in [0.2, 0.25) is 0 Å². The lowest BCUT2D eigenvalue weighted by molar-refractivity contribution is 0.504. The minimum absolute atomic E-state index is 0. The van der Waals surface area contributed by atoms with Crippen molar-refractivity contribution >= 4 is 13.5 Å². The van der Waals surface area contributed by atoms with Crippen LogP contribution in [0, 0.1) is 0 Å². The van der Waals surface area contributed by atoms with Gasteiger partial charge in [0.15, 0.2) is 0 Å². The highest BCUT2D eigenvalue weighted by Gasteiger charge is 1.96. The van der Waals surface area contributed by atoms with Crippen molar-refractivity contribution in [1.82, 2.24) is 0 Å². The molecule has 2 fully saturated rings. The Morgan fingerprint density at radius 2 is 0.308 bits per heavy atom. The largest absolute Gasteiger partial charge is 0.197 e. The molecular formula is C12H26S. The first kappa shape index (κ1) is 13.4. The quantitative estimate of drug-likeness (QED) is 0.529. The van der Waals surface area contributed by atoms with Crippen molar-refractivity contribution in [3.63, 3.8) is 0 Å². The molecule has 2 saturated carbocycles. The predicted octanol–water partition coefficient (Wildman–Crippen LogP) is 4.79. The van der Waals surface area contributed by atoms with Crippen molar-refractivity contribution < 1.29 is 0 Å². The Morgan fingerprint density at radius 3 is 0.385 bits per heavy atom. The van der Waals surface area contributed by atoms with Gasteiger partial charge in [0.2, 0.25) is 0 Å².